The summed E-state index contributed by atoms with van der Waals surface area (Å²) in [5.74, 6) is 0.505. The maximum Gasteiger partial charge on any atom is 0.356 e. The van der Waals surface area contributed by atoms with Crippen LogP contribution in [0.2, 0.25) is 0 Å². The van der Waals surface area contributed by atoms with E-state index in [-0.39, 0.29) is 5.69 Å². The van der Waals surface area contributed by atoms with Gasteiger partial charge in [0.1, 0.15) is 0 Å². The first-order chi connectivity index (χ1) is 7.25. The van der Waals surface area contributed by atoms with Crippen molar-refractivity contribution in [1.29, 1.82) is 0 Å². The van der Waals surface area contributed by atoms with Gasteiger partial charge in [-0.25, -0.2) is 9.78 Å². The van der Waals surface area contributed by atoms with E-state index in [9.17, 15) is 4.79 Å². The van der Waals surface area contributed by atoms with E-state index in [1.807, 2.05) is 4.57 Å². The van der Waals surface area contributed by atoms with Gasteiger partial charge in [0, 0.05) is 18.8 Å². The van der Waals surface area contributed by atoms with Gasteiger partial charge in [0.25, 0.3) is 0 Å². The van der Waals surface area contributed by atoms with Gasteiger partial charge in [-0.05, 0) is 25.2 Å². The molecular weight excluding hydrogens is 194 g/mol. The van der Waals surface area contributed by atoms with Crippen LogP contribution in [-0.2, 0) is 0 Å². The topological polar surface area (TPSA) is 67.1 Å². The zero-order chi connectivity index (χ0) is 10.4. The Labute approximate surface area is 87.1 Å². The normalized spacial score (nSPS) is 24.4. The van der Waals surface area contributed by atoms with Gasteiger partial charge in [-0.2, -0.15) is 0 Å². The summed E-state index contributed by atoms with van der Waals surface area (Å²) >= 11 is 0. The predicted octanol–water partition coefficient (Wildman–Crippen LogP) is 1.35. The second kappa shape index (κ2) is 2.98. The minimum atomic E-state index is -0.951. The molecule has 0 radical (unpaired) electrons. The Bertz CT molecular complexity index is 409. The highest BCUT2D eigenvalue weighted by Crippen LogP contribution is 2.44. The fraction of sp³-hybridized carbons (Fsp3) is 0.600. The van der Waals surface area contributed by atoms with E-state index < -0.39 is 5.97 Å². The number of carboxylic acids is 1. The number of anilines is 1. The summed E-state index contributed by atoms with van der Waals surface area (Å²) in [6.07, 6.45) is 5.27. The average Bonchev–Trinajstić information content (AvgIpc) is 2.95. The van der Waals surface area contributed by atoms with E-state index in [2.05, 4.69) is 10.3 Å². The fourth-order valence-corrected chi connectivity index (χ4v) is 2.30. The zero-order valence-electron chi connectivity index (χ0n) is 8.31. The van der Waals surface area contributed by atoms with Gasteiger partial charge < -0.3 is 15.0 Å². The number of imidazole rings is 1. The molecule has 0 saturated heterocycles. The molecule has 80 valence electrons. The van der Waals surface area contributed by atoms with Gasteiger partial charge in [-0.1, -0.05) is 0 Å². The van der Waals surface area contributed by atoms with Crippen molar-refractivity contribution in [3.05, 3.63) is 11.9 Å². The first-order valence-corrected chi connectivity index (χ1v) is 5.32. The molecule has 0 amide bonds. The van der Waals surface area contributed by atoms with Gasteiger partial charge in [0.2, 0.25) is 5.95 Å². The van der Waals surface area contributed by atoms with Crippen molar-refractivity contribution in [3.63, 3.8) is 0 Å². The van der Waals surface area contributed by atoms with E-state index in [1.165, 1.54) is 12.8 Å². The number of aromatic nitrogens is 2. The van der Waals surface area contributed by atoms with E-state index in [4.69, 9.17) is 5.11 Å². The molecule has 1 atom stereocenters. The third-order valence-corrected chi connectivity index (χ3v) is 3.20. The third kappa shape index (κ3) is 1.38. The molecule has 1 saturated carbocycles. The summed E-state index contributed by atoms with van der Waals surface area (Å²) in [6.45, 7) is 0.900. The van der Waals surface area contributed by atoms with Crippen LogP contribution in [-0.4, -0.2) is 27.2 Å². The average molecular weight is 207 g/mol. The lowest BCUT2D eigenvalue weighted by atomic mass is 10.1. The molecule has 1 aromatic rings. The van der Waals surface area contributed by atoms with Crippen molar-refractivity contribution in [2.75, 3.05) is 11.9 Å². The van der Waals surface area contributed by atoms with E-state index in [0.29, 0.717) is 6.04 Å². The Kier molecular flexibility index (Phi) is 1.74. The van der Waals surface area contributed by atoms with Crippen molar-refractivity contribution in [3.8, 4) is 0 Å². The van der Waals surface area contributed by atoms with Crippen molar-refractivity contribution in [2.24, 2.45) is 5.92 Å². The number of fused-ring (bicyclic) bond motifs is 1. The molecule has 3 rings (SSSR count). The van der Waals surface area contributed by atoms with Gasteiger partial charge in [0.15, 0.2) is 5.69 Å². The number of hydrogen-bond donors (Lipinski definition) is 2. The van der Waals surface area contributed by atoms with Gasteiger partial charge in [0.05, 0.1) is 0 Å². The summed E-state index contributed by atoms with van der Waals surface area (Å²) < 4.78 is 2.00. The van der Waals surface area contributed by atoms with Crippen LogP contribution in [0, 0.1) is 5.92 Å². The Morgan fingerprint density at radius 3 is 3.00 bits per heavy atom. The van der Waals surface area contributed by atoms with Gasteiger partial charge >= 0.3 is 5.97 Å². The molecule has 15 heavy (non-hydrogen) atoms. The molecular formula is C10H13N3O2. The first-order valence-electron chi connectivity index (χ1n) is 5.32. The highest BCUT2D eigenvalue weighted by molar-refractivity contribution is 5.85. The second-order valence-corrected chi connectivity index (χ2v) is 4.28. The van der Waals surface area contributed by atoms with E-state index in [0.717, 1.165) is 24.8 Å². The maximum atomic E-state index is 10.8. The molecule has 1 aliphatic carbocycles. The minimum absolute atomic E-state index is 0.144. The standard InChI is InChI=1S/C10H13N3O2/c14-9(15)7-5-13-8(6-1-2-6)3-4-11-10(13)12-7/h5-6,8H,1-4H2,(H,11,12)(H,14,15)/t8-/m1/s1. The molecule has 0 unspecified atom stereocenters. The van der Waals surface area contributed by atoms with Crippen LogP contribution in [0.5, 0.6) is 0 Å². The summed E-state index contributed by atoms with van der Waals surface area (Å²) in [5.41, 5.74) is 0.144. The van der Waals surface area contributed by atoms with Crippen LogP contribution in [0.3, 0.4) is 0 Å². The fourth-order valence-electron chi connectivity index (χ4n) is 2.30. The van der Waals surface area contributed by atoms with Crippen molar-refractivity contribution >= 4 is 11.9 Å². The van der Waals surface area contributed by atoms with Crippen LogP contribution in [0.15, 0.2) is 6.20 Å². The van der Waals surface area contributed by atoms with Crippen LogP contribution in [0.4, 0.5) is 5.95 Å². The molecule has 0 spiro atoms. The second-order valence-electron chi connectivity index (χ2n) is 4.28. The number of hydrogen-bond acceptors (Lipinski definition) is 3. The number of nitrogens with one attached hydrogen (secondary N) is 1. The Balaban J connectivity index is 1.98. The van der Waals surface area contributed by atoms with Crippen LogP contribution < -0.4 is 5.32 Å². The van der Waals surface area contributed by atoms with Gasteiger partial charge in [-0.15, -0.1) is 0 Å². The summed E-state index contributed by atoms with van der Waals surface area (Å²) in [6, 6.07) is 0.460. The maximum absolute atomic E-state index is 10.8. The first kappa shape index (κ1) is 8.76. The number of aromatic carboxylic acids is 1. The Hall–Kier alpha value is -1.52. The minimum Gasteiger partial charge on any atom is -0.476 e. The summed E-state index contributed by atoms with van der Waals surface area (Å²) in [7, 11) is 0. The monoisotopic (exact) mass is 207 g/mol. The summed E-state index contributed by atoms with van der Waals surface area (Å²) in [4.78, 5) is 14.9. The smallest absolute Gasteiger partial charge is 0.356 e. The highest BCUT2D eigenvalue weighted by Gasteiger charge is 2.35. The lowest BCUT2D eigenvalue weighted by Gasteiger charge is -2.25. The molecule has 2 heterocycles. The van der Waals surface area contributed by atoms with Crippen molar-refractivity contribution < 1.29 is 9.90 Å². The number of nitrogens with zero attached hydrogens (tertiary/aromatic N) is 2. The van der Waals surface area contributed by atoms with E-state index >= 15 is 0 Å². The lowest BCUT2D eigenvalue weighted by Crippen LogP contribution is -2.23. The van der Waals surface area contributed by atoms with Crippen LogP contribution in [0.25, 0.3) is 0 Å². The molecule has 1 aliphatic heterocycles. The number of carboxylic acid groups (broad SMARTS) is 1. The number of rotatable bonds is 2. The number of carbonyl (C=O) groups is 1. The summed E-state index contributed by atoms with van der Waals surface area (Å²) in [5, 5.41) is 12.0. The van der Waals surface area contributed by atoms with Crippen LogP contribution >= 0.6 is 0 Å². The molecule has 2 aliphatic rings. The molecule has 1 fully saturated rings. The predicted molar refractivity (Wildman–Crippen MR) is 54.1 cm³/mol. The molecule has 1 aromatic heterocycles. The Morgan fingerprint density at radius 1 is 1.53 bits per heavy atom. The third-order valence-electron chi connectivity index (χ3n) is 3.20. The zero-order valence-corrected chi connectivity index (χ0v) is 8.31. The quantitative estimate of drug-likeness (QED) is 0.768. The largest absolute Gasteiger partial charge is 0.476 e. The SMILES string of the molecule is O=C(O)c1cn2c(n1)NCC[C@@H]2C1CC1. The molecule has 2 N–H and O–H groups in total. The highest BCUT2D eigenvalue weighted by atomic mass is 16.4. The van der Waals surface area contributed by atoms with E-state index in [1.54, 1.807) is 6.20 Å². The molecule has 5 nitrogen and oxygen atoms in total. The van der Waals surface area contributed by atoms with Crippen molar-refractivity contribution in [2.45, 2.75) is 25.3 Å². The van der Waals surface area contributed by atoms with Crippen molar-refractivity contribution in [1.82, 2.24) is 9.55 Å². The molecule has 0 aromatic carbocycles. The lowest BCUT2D eigenvalue weighted by molar-refractivity contribution is 0.0691. The molecule has 0 bridgehead atoms. The molecule has 5 heteroatoms. The van der Waals surface area contributed by atoms with Gasteiger partial charge in [-0.3, -0.25) is 0 Å². The Morgan fingerprint density at radius 2 is 2.33 bits per heavy atom. The van der Waals surface area contributed by atoms with Crippen LogP contribution in [0.1, 0.15) is 35.8 Å².